The molecule has 2 rings (SSSR count). The molecule has 0 saturated carbocycles. The van der Waals surface area contributed by atoms with Crippen molar-refractivity contribution >= 4 is 12.0 Å². The summed E-state index contributed by atoms with van der Waals surface area (Å²) in [6.07, 6.45) is -4.94. The molecule has 1 aromatic rings. The van der Waals surface area contributed by atoms with Gasteiger partial charge in [-0.3, -0.25) is 4.79 Å². The van der Waals surface area contributed by atoms with E-state index in [0.717, 1.165) is 0 Å². The molecule has 7 nitrogen and oxygen atoms in total. The van der Waals surface area contributed by atoms with Crippen molar-refractivity contribution in [3.63, 3.8) is 0 Å². The minimum Gasteiger partial charge on any atom is -0.468 e. The van der Waals surface area contributed by atoms with E-state index < -0.39 is 30.4 Å². The Bertz CT molecular complexity index is 713. The predicted octanol–water partition coefficient (Wildman–Crippen LogP) is 3.10. The molecule has 1 fully saturated rings. The molecule has 0 radical (unpaired) electrons. The van der Waals surface area contributed by atoms with Gasteiger partial charge in [0.1, 0.15) is 11.3 Å². The lowest BCUT2D eigenvalue weighted by atomic mass is 10.1. The van der Waals surface area contributed by atoms with E-state index in [1.807, 2.05) is 0 Å². The first-order valence-corrected chi connectivity index (χ1v) is 8.85. The number of nitrogens with zero attached hydrogens (tertiary/aromatic N) is 3. The van der Waals surface area contributed by atoms with Gasteiger partial charge in [-0.05, 0) is 33.8 Å². The van der Waals surface area contributed by atoms with E-state index in [4.69, 9.17) is 4.74 Å². The fraction of sp³-hybridized carbons (Fsp3) is 0.611. The van der Waals surface area contributed by atoms with Crippen molar-refractivity contribution in [2.45, 2.75) is 45.5 Å². The van der Waals surface area contributed by atoms with Gasteiger partial charge in [0.05, 0.1) is 6.04 Å². The molecule has 0 aromatic carbocycles. The summed E-state index contributed by atoms with van der Waals surface area (Å²) in [7, 11) is 0. The van der Waals surface area contributed by atoms with Gasteiger partial charge in [0.25, 0.3) is 5.91 Å². The van der Waals surface area contributed by atoms with E-state index in [2.05, 4.69) is 9.72 Å². The molecule has 1 aliphatic rings. The number of halogens is 3. The van der Waals surface area contributed by atoms with Crippen LogP contribution in [0.3, 0.4) is 0 Å². The monoisotopic (exact) mass is 403 g/mol. The third-order valence-corrected chi connectivity index (χ3v) is 3.88. The minimum absolute atomic E-state index is 0.0164. The first kappa shape index (κ1) is 21.8. The van der Waals surface area contributed by atoms with Crippen LogP contribution in [0.4, 0.5) is 18.0 Å². The molecule has 1 saturated heterocycles. The number of hydrogen-bond acceptors (Lipinski definition) is 5. The van der Waals surface area contributed by atoms with Crippen molar-refractivity contribution in [3.05, 3.63) is 23.9 Å². The Morgan fingerprint density at radius 2 is 1.89 bits per heavy atom. The summed E-state index contributed by atoms with van der Waals surface area (Å²) in [5.41, 5.74) is -0.624. The van der Waals surface area contributed by atoms with Crippen LogP contribution in [-0.2, 0) is 4.74 Å². The second kappa shape index (κ2) is 8.24. The van der Waals surface area contributed by atoms with Gasteiger partial charge in [0, 0.05) is 25.7 Å². The van der Waals surface area contributed by atoms with Crippen LogP contribution in [-0.4, -0.2) is 70.8 Å². The Morgan fingerprint density at radius 3 is 2.43 bits per heavy atom. The minimum atomic E-state index is -4.49. The molecule has 0 bridgehead atoms. The van der Waals surface area contributed by atoms with E-state index in [1.165, 1.54) is 28.0 Å². The van der Waals surface area contributed by atoms with Crippen LogP contribution in [0.25, 0.3) is 0 Å². The lowest BCUT2D eigenvalue weighted by Gasteiger charge is -2.44. The van der Waals surface area contributed by atoms with Gasteiger partial charge in [-0.2, -0.15) is 13.2 Å². The number of alkyl halides is 3. The zero-order chi connectivity index (χ0) is 21.1. The molecule has 0 unspecified atom stereocenters. The number of ether oxygens (including phenoxy) is 2. The summed E-state index contributed by atoms with van der Waals surface area (Å²) in [5.74, 6) is -0.711. The second-order valence-electron chi connectivity index (χ2n) is 7.40. The first-order valence-electron chi connectivity index (χ1n) is 8.85. The molecule has 28 heavy (non-hydrogen) atoms. The fourth-order valence-corrected chi connectivity index (χ4v) is 2.61. The summed E-state index contributed by atoms with van der Waals surface area (Å²) in [5, 5.41) is 0. The number of hydrogen-bond donors (Lipinski definition) is 0. The summed E-state index contributed by atoms with van der Waals surface area (Å²) >= 11 is 0. The Hall–Kier alpha value is -2.52. The zero-order valence-electron chi connectivity index (χ0n) is 16.2. The molecule has 10 heteroatoms. The van der Waals surface area contributed by atoms with E-state index in [-0.39, 0.29) is 17.6 Å². The molecular weight excluding hydrogens is 379 g/mol. The van der Waals surface area contributed by atoms with Gasteiger partial charge in [-0.15, -0.1) is 0 Å². The average molecular weight is 403 g/mol. The highest BCUT2D eigenvalue weighted by atomic mass is 19.4. The SMILES string of the molecule is CCN(C(=O)c1cccc(OCC(F)(F)F)n1)C1CN(C(=O)OC(C)(C)C)C1. The van der Waals surface area contributed by atoms with Gasteiger partial charge < -0.3 is 19.3 Å². The smallest absolute Gasteiger partial charge is 0.422 e. The van der Waals surface area contributed by atoms with Crippen molar-refractivity contribution in [2.75, 3.05) is 26.2 Å². The van der Waals surface area contributed by atoms with E-state index in [1.54, 1.807) is 27.7 Å². The molecule has 0 N–H and O–H groups in total. The molecule has 0 aliphatic carbocycles. The zero-order valence-corrected chi connectivity index (χ0v) is 16.2. The van der Waals surface area contributed by atoms with Crippen LogP contribution in [0.5, 0.6) is 5.88 Å². The van der Waals surface area contributed by atoms with E-state index >= 15 is 0 Å². The molecule has 1 aliphatic heterocycles. The highest BCUT2D eigenvalue weighted by molar-refractivity contribution is 5.92. The number of rotatable bonds is 5. The summed E-state index contributed by atoms with van der Waals surface area (Å²) < 4.78 is 46.7. The highest BCUT2D eigenvalue weighted by Crippen LogP contribution is 2.21. The van der Waals surface area contributed by atoms with Crippen LogP contribution >= 0.6 is 0 Å². The number of pyridine rings is 1. The van der Waals surface area contributed by atoms with E-state index in [0.29, 0.717) is 19.6 Å². The Labute approximate surface area is 161 Å². The van der Waals surface area contributed by atoms with Crippen LogP contribution in [0.1, 0.15) is 38.2 Å². The number of amides is 2. The summed E-state index contributed by atoms with van der Waals surface area (Å²) in [6, 6.07) is 3.86. The standard InChI is InChI=1S/C18H24F3N3O4/c1-5-24(12-9-23(10-12)16(26)28-17(2,3)4)15(25)13-7-6-8-14(22-13)27-11-18(19,20)21/h6-8,12H,5,9-11H2,1-4H3. The molecule has 0 atom stereocenters. The van der Waals surface area contributed by atoms with Gasteiger partial charge in [0.2, 0.25) is 5.88 Å². The summed E-state index contributed by atoms with van der Waals surface area (Å²) in [4.78, 5) is 31.6. The third kappa shape index (κ3) is 6.00. The van der Waals surface area contributed by atoms with Gasteiger partial charge in [-0.25, -0.2) is 9.78 Å². The maximum atomic E-state index is 12.7. The molecular formula is C18H24F3N3O4. The van der Waals surface area contributed by atoms with Crippen LogP contribution in [0.15, 0.2) is 18.2 Å². The maximum absolute atomic E-state index is 12.7. The van der Waals surface area contributed by atoms with Crippen LogP contribution < -0.4 is 4.74 Å². The normalized spacial score (nSPS) is 15.0. The Balaban J connectivity index is 1.98. The number of likely N-dealkylation sites (tertiary alicyclic amines) is 1. The Kier molecular flexibility index (Phi) is 6.41. The van der Waals surface area contributed by atoms with Gasteiger partial charge in [-0.1, -0.05) is 6.07 Å². The molecule has 2 heterocycles. The Morgan fingerprint density at radius 1 is 1.25 bits per heavy atom. The molecule has 2 amide bonds. The van der Waals surface area contributed by atoms with Gasteiger partial charge >= 0.3 is 12.3 Å². The summed E-state index contributed by atoms with van der Waals surface area (Å²) in [6.45, 7) is 6.59. The average Bonchev–Trinajstić information content (AvgIpc) is 2.53. The number of carbonyl (C=O) groups excluding carboxylic acids is 2. The van der Waals surface area contributed by atoms with Crippen molar-refractivity contribution < 1.29 is 32.2 Å². The molecule has 156 valence electrons. The maximum Gasteiger partial charge on any atom is 0.422 e. The molecule has 1 aromatic heterocycles. The lowest BCUT2D eigenvalue weighted by Crippen LogP contribution is -2.62. The first-order chi connectivity index (χ1) is 12.9. The molecule has 0 spiro atoms. The number of likely N-dealkylation sites (N-methyl/N-ethyl adjacent to an activating group) is 1. The van der Waals surface area contributed by atoms with Crippen molar-refractivity contribution in [3.8, 4) is 5.88 Å². The number of aromatic nitrogens is 1. The van der Waals surface area contributed by atoms with E-state index in [9.17, 15) is 22.8 Å². The second-order valence-corrected chi connectivity index (χ2v) is 7.40. The fourth-order valence-electron chi connectivity index (χ4n) is 2.61. The van der Waals surface area contributed by atoms with Gasteiger partial charge in [0.15, 0.2) is 6.61 Å². The highest BCUT2D eigenvalue weighted by Gasteiger charge is 2.39. The third-order valence-electron chi connectivity index (χ3n) is 3.88. The quantitative estimate of drug-likeness (QED) is 0.756. The number of carbonyl (C=O) groups is 2. The lowest BCUT2D eigenvalue weighted by molar-refractivity contribution is -0.154. The largest absolute Gasteiger partial charge is 0.468 e. The van der Waals surface area contributed by atoms with Crippen molar-refractivity contribution in [1.29, 1.82) is 0 Å². The predicted molar refractivity (Wildman–Crippen MR) is 94.1 cm³/mol. The van der Waals surface area contributed by atoms with Crippen molar-refractivity contribution in [2.24, 2.45) is 0 Å². The van der Waals surface area contributed by atoms with Crippen LogP contribution in [0.2, 0.25) is 0 Å². The van der Waals surface area contributed by atoms with Crippen LogP contribution in [0, 0.1) is 0 Å². The topological polar surface area (TPSA) is 72.0 Å². The van der Waals surface area contributed by atoms with Crippen molar-refractivity contribution in [1.82, 2.24) is 14.8 Å².